The third-order valence-corrected chi connectivity index (χ3v) is 3.30. The summed E-state index contributed by atoms with van der Waals surface area (Å²) in [5.74, 6) is -0.376. The van der Waals surface area contributed by atoms with E-state index in [9.17, 15) is 14.0 Å². The van der Waals surface area contributed by atoms with Crippen molar-refractivity contribution in [2.24, 2.45) is 5.73 Å². The quantitative estimate of drug-likeness (QED) is 0.861. The van der Waals surface area contributed by atoms with E-state index in [0.717, 1.165) is 5.56 Å². The molecule has 0 aliphatic carbocycles. The van der Waals surface area contributed by atoms with E-state index in [4.69, 9.17) is 10.5 Å². The summed E-state index contributed by atoms with van der Waals surface area (Å²) in [5, 5.41) is 2.38. The number of nitrogens with zero attached hydrogens (tertiary/aromatic N) is 1. The van der Waals surface area contributed by atoms with Gasteiger partial charge in [-0.2, -0.15) is 0 Å². The summed E-state index contributed by atoms with van der Waals surface area (Å²) < 4.78 is 18.5. The number of carbonyl (C=O) groups excluding carboxylic acids is 2. The largest absolute Gasteiger partial charge is 0.370 e. The first-order valence-electron chi connectivity index (χ1n) is 6.74. The van der Waals surface area contributed by atoms with Gasteiger partial charge in [-0.15, -0.1) is 0 Å². The number of halogens is 1. The van der Waals surface area contributed by atoms with Crippen molar-refractivity contribution in [2.45, 2.75) is 12.5 Å². The molecule has 1 heterocycles. The molecular formula is C14H18FN3O3. The van der Waals surface area contributed by atoms with E-state index in [2.05, 4.69) is 5.32 Å². The molecule has 1 saturated heterocycles. The Balaban J connectivity index is 1.89. The van der Waals surface area contributed by atoms with Crippen LogP contribution in [0.4, 0.5) is 9.18 Å². The molecule has 0 spiro atoms. The van der Waals surface area contributed by atoms with Gasteiger partial charge in [0, 0.05) is 19.5 Å². The molecule has 1 atom stereocenters. The minimum atomic E-state index is -0.644. The van der Waals surface area contributed by atoms with E-state index in [1.807, 2.05) is 0 Å². The lowest BCUT2D eigenvalue weighted by Crippen LogP contribution is -2.43. The third-order valence-electron chi connectivity index (χ3n) is 3.30. The van der Waals surface area contributed by atoms with Crippen molar-refractivity contribution >= 4 is 11.9 Å². The summed E-state index contributed by atoms with van der Waals surface area (Å²) in [6.45, 7) is 1.57. The highest BCUT2D eigenvalue weighted by molar-refractivity contribution is 5.78. The van der Waals surface area contributed by atoms with Crippen molar-refractivity contribution in [3.8, 4) is 0 Å². The lowest BCUT2D eigenvalue weighted by molar-refractivity contribution is -0.138. The number of ether oxygens (including phenoxy) is 1. The van der Waals surface area contributed by atoms with Crippen molar-refractivity contribution in [3.63, 3.8) is 0 Å². The fourth-order valence-corrected chi connectivity index (χ4v) is 2.21. The SMILES string of the molecule is NC(=O)NCCC(=O)N1CCOC(c2ccc(F)cc2)C1. The van der Waals surface area contributed by atoms with Crippen LogP contribution in [-0.4, -0.2) is 43.1 Å². The zero-order valence-electron chi connectivity index (χ0n) is 11.5. The van der Waals surface area contributed by atoms with Crippen LogP contribution in [0.5, 0.6) is 0 Å². The van der Waals surface area contributed by atoms with Crippen LogP contribution in [0.15, 0.2) is 24.3 Å². The molecule has 0 radical (unpaired) electrons. The van der Waals surface area contributed by atoms with Crippen LogP contribution in [0, 0.1) is 5.82 Å². The van der Waals surface area contributed by atoms with Crippen molar-refractivity contribution < 1.29 is 18.7 Å². The lowest BCUT2D eigenvalue weighted by atomic mass is 10.1. The highest BCUT2D eigenvalue weighted by Crippen LogP contribution is 2.22. The molecule has 1 fully saturated rings. The number of benzene rings is 1. The molecule has 2 rings (SSSR count). The van der Waals surface area contributed by atoms with Gasteiger partial charge in [-0.05, 0) is 17.7 Å². The molecular weight excluding hydrogens is 277 g/mol. The van der Waals surface area contributed by atoms with Gasteiger partial charge in [0.25, 0.3) is 0 Å². The lowest BCUT2D eigenvalue weighted by Gasteiger charge is -2.33. The second-order valence-electron chi connectivity index (χ2n) is 4.79. The number of hydrogen-bond acceptors (Lipinski definition) is 3. The number of hydrogen-bond donors (Lipinski definition) is 2. The number of amides is 3. The first kappa shape index (κ1) is 15.2. The number of urea groups is 1. The predicted molar refractivity (Wildman–Crippen MR) is 73.9 cm³/mol. The summed E-state index contributed by atoms with van der Waals surface area (Å²) in [6, 6.07) is 5.41. The van der Waals surface area contributed by atoms with Crippen LogP contribution in [0.1, 0.15) is 18.1 Å². The monoisotopic (exact) mass is 295 g/mol. The summed E-state index contributed by atoms with van der Waals surface area (Å²) >= 11 is 0. The van der Waals surface area contributed by atoms with Gasteiger partial charge < -0.3 is 20.7 Å². The van der Waals surface area contributed by atoms with Crippen LogP contribution in [0.25, 0.3) is 0 Å². The fraction of sp³-hybridized carbons (Fsp3) is 0.429. The molecule has 0 aromatic heterocycles. The minimum Gasteiger partial charge on any atom is -0.370 e. The van der Waals surface area contributed by atoms with Gasteiger partial charge in [-0.3, -0.25) is 4.79 Å². The van der Waals surface area contributed by atoms with Crippen LogP contribution in [-0.2, 0) is 9.53 Å². The van der Waals surface area contributed by atoms with Crippen LogP contribution in [0.2, 0.25) is 0 Å². The molecule has 21 heavy (non-hydrogen) atoms. The highest BCUT2D eigenvalue weighted by atomic mass is 19.1. The van der Waals surface area contributed by atoms with Crippen LogP contribution in [0.3, 0.4) is 0 Å². The molecule has 3 N–H and O–H groups in total. The van der Waals surface area contributed by atoms with Gasteiger partial charge in [0.05, 0.1) is 13.2 Å². The smallest absolute Gasteiger partial charge is 0.312 e. The van der Waals surface area contributed by atoms with E-state index >= 15 is 0 Å². The molecule has 0 bridgehead atoms. The summed E-state index contributed by atoms with van der Waals surface area (Å²) in [6.07, 6.45) is -0.0635. The maximum atomic E-state index is 12.9. The van der Waals surface area contributed by atoms with E-state index in [0.29, 0.717) is 19.7 Å². The number of primary amides is 1. The van der Waals surface area contributed by atoms with E-state index < -0.39 is 6.03 Å². The Morgan fingerprint density at radius 3 is 2.76 bits per heavy atom. The van der Waals surface area contributed by atoms with Crippen LogP contribution >= 0.6 is 0 Å². The molecule has 114 valence electrons. The number of morpholine rings is 1. The topological polar surface area (TPSA) is 84.7 Å². The number of rotatable bonds is 4. The maximum Gasteiger partial charge on any atom is 0.312 e. The number of nitrogens with two attached hydrogens (primary N) is 1. The zero-order chi connectivity index (χ0) is 15.2. The molecule has 1 aromatic carbocycles. The first-order chi connectivity index (χ1) is 10.1. The van der Waals surface area contributed by atoms with Gasteiger partial charge in [0.2, 0.25) is 5.91 Å². The number of carbonyl (C=O) groups is 2. The predicted octanol–water partition coefficient (Wildman–Crippen LogP) is 0.784. The van der Waals surface area contributed by atoms with Gasteiger partial charge in [-0.25, -0.2) is 9.18 Å². The molecule has 7 heteroatoms. The highest BCUT2D eigenvalue weighted by Gasteiger charge is 2.25. The van der Waals surface area contributed by atoms with E-state index in [1.165, 1.54) is 12.1 Å². The molecule has 0 saturated carbocycles. The maximum absolute atomic E-state index is 12.9. The second kappa shape index (κ2) is 7.03. The Bertz CT molecular complexity index is 507. The Morgan fingerprint density at radius 2 is 2.10 bits per heavy atom. The van der Waals surface area contributed by atoms with Crippen molar-refractivity contribution in [1.82, 2.24) is 10.2 Å². The van der Waals surface area contributed by atoms with E-state index in [1.54, 1.807) is 17.0 Å². The molecule has 6 nitrogen and oxygen atoms in total. The average molecular weight is 295 g/mol. The average Bonchev–Trinajstić information content (AvgIpc) is 2.47. The van der Waals surface area contributed by atoms with Gasteiger partial charge in [0.1, 0.15) is 11.9 Å². The van der Waals surface area contributed by atoms with Gasteiger partial charge in [0.15, 0.2) is 0 Å². The van der Waals surface area contributed by atoms with Crippen molar-refractivity contribution in [3.05, 3.63) is 35.6 Å². The summed E-state index contributed by atoms with van der Waals surface area (Å²) in [4.78, 5) is 24.3. The molecule has 1 aromatic rings. The van der Waals surface area contributed by atoms with Gasteiger partial charge in [-0.1, -0.05) is 12.1 Å². The van der Waals surface area contributed by atoms with Gasteiger partial charge >= 0.3 is 6.03 Å². The normalized spacial score (nSPS) is 18.3. The summed E-state index contributed by atoms with van der Waals surface area (Å²) in [5.41, 5.74) is 5.78. The van der Waals surface area contributed by atoms with Crippen molar-refractivity contribution in [1.29, 1.82) is 0 Å². The number of nitrogens with one attached hydrogen (secondary N) is 1. The Morgan fingerprint density at radius 1 is 1.38 bits per heavy atom. The summed E-state index contributed by atoms with van der Waals surface area (Å²) in [7, 11) is 0. The second-order valence-corrected chi connectivity index (χ2v) is 4.79. The fourth-order valence-electron chi connectivity index (χ4n) is 2.21. The molecule has 1 aliphatic heterocycles. The third kappa shape index (κ3) is 4.42. The first-order valence-corrected chi connectivity index (χ1v) is 6.74. The Kier molecular flexibility index (Phi) is 5.10. The van der Waals surface area contributed by atoms with E-state index in [-0.39, 0.29) is 30.8 Å². The molecule has 3 amide bonds. The zero-order valence-corrected chi connectivity index (χ0v) is 11.5. The molecule has 1 aliphatic rings. The van der Waals surface area contributed by atoms with Crippen molar-refractivity contribution in [2.75, 3.05) is 26.2 Å². The Labute approximate surface area is 122 Å². The minimum absolute atomic E-state index is 0.0702. The molecule has 1 unspecified atom stereocenters. The Hall–Kier alpha value is -2.15. The standard InChI is InChI=1S/C14H18FN3O3/c15-11-3-1-10(2-4-11)12-9-18(7-8-21-12)13(19)5-6-17-14(16)20/h1-4,12H,5-9H2,(H3,16,17,20). The van der Waals surface area contributed by atoms with Crippen LogP contribution < -0.4 is 11.1 Å².